The molecule has 48 heavy (non-hydrogen) atoms. The molecule has 0 spiro atoms. The van der Waals surface area contributed by atoms with E-state index in [1.165, 1.54) is 63.9 Å². The number of fused-ring (bicyclic) bond motifs is 5. The van der Waals surface area contributed by atoms with Crippen LogP contribution in [0.4, 0.5) is 0 Å². The zero-order valence-corrected chi connectivity index (χ0v) is 31.3. The predicted molar refractivity (Wildman–Crippen MR) is 196 cm³/mol. The minimum atomic E-state index is -0.545. The van der Waals surface area contributed by atoms with Crippen molar-refractivity contribution in [1.82, 2.24) is 0 Å². The summed E-state index contributed by atoms with van der Waals surface area (Å²) in [5.41, 5.74) is 2.69. The highest BCUT2D eigenvalue weighted by atomic mass is 16.5. The van der Waals surface area contributed by atoms with Crippen molar-refractivity contribution in [2.24, 2.45) is 64.1 Å². The van der Waals surface area contributed by atoms with Gasteiger partial charge >= 0.3 is 11.9 Å². The van der Waals surface area contributed by atoms with E-state index < -0.39 is 18.5 Å². The Morgan fingerprint density at radius 3 is 2.40 bits per heavy atom. The maximum Gasteiger partial charge on any atom is 0.335 e. The van der Waals surface area contributed by atoms with Crippen LogP contribution in [0.5, 0.6) is 0 Å². The normalized spacial score (nSPS) is 33.2. The molecule has 4 rings (SSSR count). The number of allylic oxidation sites excluding steroid dienone is 4. The highest BCUT2D eigenvalue weighted by Crippen LogP contribution is 2.67. The molecule has 4 aliphatic rings. The SMILES string of the molecule is C=CC(=O)OCCC(CCC[C@H]1CC[C@@]2(C)C(=CC[C@@H]3[C@@H]2CC[C@]2(C)C([C@H](C)/C=C/[C@H](C)C(C)C)CC[C@@H]32)C1)CCOC(=O)C(=C)CO. The van der Waals surface area contributed by atoms with Crippen molar-refractivity contribution in [2.45, 2.75) is 125 Å². The molecule has 2 unspecified atom stereocenters. The van der Waals surface area contributed by atoms with Gasteiger partial charge < -0.3 is 14.6 Å². The average Bonchev–Trinajstić information content (AvgIpc) is 3.43. The molecule has 5 nitrogen and oxygen atoms in total. The Bertz CT molecular complexity index is 1180. The van der Waals surface area contributed by atoms with Crippen LogP contribution in [0.25, 0.3) is 0 Å². The van der Waals surface area contributed by atoms with Gasteiger partial charge in [-0.2, -0.15) is 0 Å². The van der Waals surface area contributed by atoms with Crippen molar-refractivity contribution < 1.29 is 24.2 Å². The van der Waals surface area contributed by atoms with Gasteiger partial charge in [-0.1, -0.05) is 97.8 Å². The van der Waals surface area contributed by atoms with E-state index in [2.05, 4.69) is 72.9 Å². The third-order valence-corrected chi connectivity index (χ3v) is 14.1. The first kappa shape index (κ1) is 38.7. The van der Waals surface area contributed by atoms with E-state index in [9.17, 15) is 9.59 Å². The maximum absolute atomic E-state index is 12.0. The number of esters is 2. The molecule has 3 saturated carbocycles. The number of carbonyl (C=O) groups is 2. The summed E-state index contributed by atoms with van der Waals surface area (Å²) >= 11 is 0. The lowest BCUT2D eigenvalue weighted by Gasteiger charge is -2.58. The molecule has 270 valence electrons. The summed E-state index contributed by atoms with van der Waals surface area (Å²) in [5.74, 6) is 5.49. The van der Waals surface area contributed by atoms with Gasteiger partial charge in [0, 0.05) is 6.08 Å². The van der Waals surface area contributed by atoms with Crippen LogP contribution in [-0.4, -0.2) is 36.9 Å². The first-order valence-corrected chi connectivity index (χ1v) is 19.5. The van der Waals surface area contributed by atoms with E-state index in [1.54, 1.807) is 5.57 Å². The second-order valence-corrected chi connectivity index (χ2v) is 17.1. The molecular weight excluding hydrogens is 596 g/mol. The summed E-state index contributed by atoms with van der Waals surface area (Å²) in [6, 6.07) is 0. The molecule has 3 fully saturated rings. The van der Waals surface area contributed by atoms with Gasteiger partial charge in [-0.25, -0.2) is 9.59 Å². The van der Waals surface area contributed by atoms with Crippen LogP contribution in [0.3, 0.4) is 0 Å². The lowest BCUT2D eigenvalue weighted by Crippen LogP contribution is -2.50. The zero-order chi connectivity index (χ0) is 35.1. The summed E-state index contributed by atoms with van der Waals surface area (Å²) in [5, 5.41) is 9.14. The highest BCUT2D eigenvalue weighted by Gasteiger charge is 2.59. The first-order valence-electron chi connectivity index (χ1n) is 19.5. The van der Waals surface area contributed by atoms with Gasteiger partial charge in [0.25, 0.3) is 0 Å². The van der Waals surface area contributed by atoms with Crippen molar-refractivity contribution >= 4 is 11.9 Å². The minimum absolute atomic E-state index is 0.0722. The molecule has 0 amide bonds. The molecule has 5 heteroatoms. The molecule has 0 saturated heterocycles. The van der Waals surface area contributed by atoms with Crippen molar-refractivity contribution in [3.05, 3.63) is 48.6 Å². The van der Waals surface area contributed by atoms with Crippen molar-refractivity contribution in [1.29, 1.82) is 0 Å². The quantitative estimate of drug-likeness (QED) is 0.0952. The van der Waals surface area contributed by atoms with E-state index in [0.717, 1.165) is 48.9 Å². The van der Waals surface area contributed by atoms with Crippen LogP contribution in [0.2, 0.25) is 0 Å². The monoisotopic (exact) mass is 665 g/mol. The molecule has 10 atom stereocenters. The van der Waals surface area contributed by atoms with E-state index in [1.807, 2.05) is 0 Å². The molecule has 0 bridgehead atoms. The fourth-order valence-corrected chi connectivity index (χ4v) is 10.6. The Morgan fingerprint density at radius 1 is 0.979 bits per heavy atom. The Balaban J connectivity index is 1.31. The summed E-state index contributed by atoms with van der Waals surface area (Å²) in [6.45, 7) is 22.1. The van der Waals surface area contributed by atoms with Crippen molar-refractivity contribution in [2.75, 3.05) is 19.8 Å². The molecule has 4 aliphatic carbocycles. The largest absolute Gasteiger partial charge is 0.463 e. The van der Waals surface area contributed by atoms with Crippen LogP contribution < -0.4 is 0 Å². The lowest BCUT2D eigenvalue weighted by atomic mass is 9.46. The van der Waals surface area contributed by atoms with Crippen LogP contribution in [0.1, 0.15) is 125 Å². The standard InChI is InChI=1S/C43H68O5/c1-9-40(45)47-25-21-33(22-26-48-41(46)32(6)28-44)11-10-12-34-19-23-42(7)35(27-34)15-16-36-38-18-17-37(43(38,8)24-20-39(36)42)31(5)14-13-30(4)29(2)3/h9,13-15,29-31,33-34,36-39,44H,1,6,10-12,16-28H2,2-5,7-8H3/b14-13+/t30-,31+,33?,34-,36-,37?,38-,39-,42-,43+/m0/s1. The molecule has 1 N–H and O–H groups in total. The van der Waals surface area contributed by atoms with E-state index in [0.29, 0.717) is 47.5 Å². The summed E-state index contributed by atoms with van der Waals surface area (Å²) in [7, 11) is 0. The number of rotatable bonds is 17. The second kappa shape index (κ2) is 17.2. The third kappa shape index (κ3) is 8.95. The number of aliphatic hydroxyl groups excluding tert-OH is 1. The lowest BCUT2D eigenvalue weighted by molar-refractivity contribution is -0.139. The molecule has 0 aliphatic heterocycles. The highest BCUT2D eigenvalue weighted by molar-refractivity contribution is 5.87. The third-order valence-electron chi connectivity index (χ3n) is 14.1. The average molecular weight is 665 g/mol. The van der Waals surface area contributed by atoms with Gasteiger partial charge in [-0.3, -0.25) is 0 Å². The molecule has 0 aromatic rings. The number of ether oxygens (including phenoxy) is 2. The summed E-state index contributed by atoms with van der Waals surface area (Å²) in [6.07, 6.45) is 24.6. The van der Waals surface area contributed by atoms with Gasteiger partial charge in [0.05, 0.1) is 25.4 Å². The van der Waals surface area contributed by atoms with E-state index >= 15 is 0 Å². The van der Waals surface area contributed by atoms with E-state index in [4.69, 9.17) is 14.6 Å². The number of carbonyl (C=O) groups excluding carboxylic acids is 2. The van der Waals surface area contributed by atoms with E-state index in [-0.39, 0.29) is 12.2 Å². The van der Waals surface area contributed by atoms with Gasteiger partial charge in [0.2, 0.25) is 0 Å². The molecule has 0 aromatic carbocycles. The first-order chi connectivity index (χ1) is 22.8. The Kier molecular flexibility index (Phi) is 13.8. The zero-order valence-electron chi connectivity index (χ0n) is 31.3. The van der Waals surface area contributed by atoms with Crippen molar-refractivity contribution in [3.63, 3.8) is 0 Å². The second-order valence-electron chi connectivity index (χ2n) is 17.1. The molecule has 0 aromatic heterocycles. The van der Waals surface area contributed by atoms with Crippen LogP contribution in [0, 0.1) is 64.1 Å². The van der Waals surface area contributed by atoms with Crippen LogP contribution >= 0.6 is 0 Å². The fraction of sp³-hybridized carbons (Fsp3) is 0.767. The van der Waals surface area contributed by atoms with Gasteiger partial charge in [0.15, 0.2) is 0 Å². The van der Waals surface area contributed by atoms with Gasteiger partial charge in [-0.15, -0.1) is 0 Å². The Morgan fingerprint density at radius 2 is 1.71 bits per heavy atom. The minimum Gasteiger partial charge on any atom is -0.463 e. The maximum atomic E-state index is 12.0. The van der Waals surface area contributed by atoms with Crippen LogP contribution in [-0.2, 0) is 19.1 Å². The smallest absolute Gasteiger partial charge is 0.335 e. The van der Waals surface area contributed by atoms with Gasteiger partial charge in [0.1, 0.15) is 0 Å². The Hall–Kier alpha value is -2.14. The topological polar surface area (TPSA) is 72.8 Å². The summed E-state index contributed by atoms with van der Waals surface area (Å²) < 4.78 is 10.6. The number of hydrogen-bond donors (Lipinski definition) is 1. The predicted octanol–water partition coefficient (Wildman–Crippen LogP) is 10.1. The molecular formula is C43H68O5. The van der Waals surface area contributed by atoms with Gasteiger partial charge in [-0.05, 0) is 128 Å². The van der Waals surface area contributed by atoms with Crippen LogP contribution in [0.15, 0.2) is 48.6 Å². The molecule has 0 radical (unpaired) electrons. The fourth-order valence-electron chi connectivity index (χ4n) is 10.6. The molecule has 0 heterocycles. The summed E-state index contributed by atoms with van der Waals surface area (Å²) in [4.78, 5) is 23.5. The van der Waals surface area contributed by atoms with Crippen molar-refractivity contribution in [3.8, 4) is 0 Å². The number of aliphatic hydroxyl groups is 1. The Labute approximate surface area is 293 Å². The number of hydrogen-bond acceptors (Lipinski definition) is 5.